The second-order valence-electron chi connectivity index (χ2n) is 6.57. The molecule has 0 bridgehead atoms. The van der Waals surface area contributed by atoms with E-state index in [1.807, 2.05) is 19.0 Å². The minimum Gasteiger partial charge on any atom is -0.379 e. The zero-order chi connectivity index (χ0) is 16.5. The quantitative estimate of drug-likeness (QED) is 0.683. The molecule has 2 aliphatic heterocycles. The van der Waals surface area contributed by atoms with Crippen LogP contribution in [0.15, 0.2) is 0 Å². The standard InChI is InChI=1S/C16H32N4O3/c1-18(2)7-8-20(14-15-4-3-11-23-15)16(21)17-5-6-19-9-12-22-13-10-19/h15H,3-14H2,1-2H3,(H,17,21)/t15-/m0/s1. The van der Waals surface area contributed by atoms with Gasteiger partial charge in [-0.25, -0.2) is 4.79 Å². The summed E-state index contributed by atoms with van der Waals surface area (Å²) in [4.78, 5) is 18.8. The molecule has 0 saturated carbocycles. The molecule has 2 heterocycles. The summed E-state index contributed by atoms with van der Waals surface area (Å²) in [7, 11) is 4.06. The summed E-state index contributed by atoms with van der Waals surface area (Å²) in [5.41, 5.74) is 0. The molecule has 1 N–H and O–H groups in total. The highest BCUT2D eigenvalue weighted by atomic mass is 16.5. The number of likely N-dealkylation sites (N-methyl/N-ethyl adjacent to an activating group) is 1. The molecule has 0 aromatic carbocycles. The third kappa shape index (κ3) is 7.03. The van der Waals surface area contributed by atoms with E-state index in [9.17, 15) is 4.79 Å². The van der Waals surface area contributed by atoms with Gasteiger partial charge in [-0.15, -0.1) is 0 Å². The summed E-state index contributed by atoms with van der Waals surface area (Å²) in [5.74, 6) is 0. The molecule has 1 atom stereocenters. The Morgan fingerprint density at radius 2 is 2.00 bits per heavy atom. The van der Waals surface area contributed by atoms with Crippen LogP contribution in [0.5, 0.6) is 0 Å². The summed E-state index contributed by atoms with van der Waals surface area (Å²) in [6.07, 6.45) is 2.35. The number of morpholine rings is 1. The smallest absolute Gasteiger partial charge is 0.317 e. The Labute approximate surface area is 139 Å². The van der Waals surface area contributed by atoms with Gasteiger partial charge in [-0.2, -0.15) is 0 Å². The van der Waals surface area contributed by atoms with Gasteiger partial charge in [-0.3, -0.25) is 4.90 Å². The fourth-order valence-electron chi connectivity index (χ4n) is 2.89. The Kier molecular flexibility index (Phi) is 8.08. The molecule has 0 aromatic rings. The monoisotopic (exact) mass is 328 g/mol. The van der Waals surface area contributed by atoms with Crippen molar-refractivity contribution in [1.29, 1.82) is 0 Å². The molecule has 23 heavy (non-hydrogen) atoms. The van der Waals surface area contributed by atoms with Crippen molar-refractivity contribution < 1.29 is 14.3 Å². The highest BCUT2D eigenvalue weighted by Gasteiger charge is 2.22. The lowest BCUT2D eigenvalue weighted by Gasteiger charge is -2.29. The van der Waals surface area contributed by atoms with E-state index in [0.717, 1.165) is 65.4 Å². The summed E-state index contributed by atoms with van der Waals surface area (Å²) in [6, 6.07) is 0.0237. The van der Waals surface area contributed by atoms with Crippen LogP contribution < -0.4 is 5.32 Å². The Morgan fingerprint density at radius 1 is 1.22 bits per heavy atom. The maximum absolute atomic E-state index is 12.5. The Morgan fingerprint density at radius 3 is 2.65 bits per heavy atom. The van der Waals surface area contributed by atoms with Crippen molar-refractivity contribution in [3.8, 4) is 0 Å². The van der Waals surface area contributed by atoms with Crippen LogP contribution >= 0.6 is 0 Å². The fraction of sp³-hybridized carbons (Fsp3) is 0.938. The molecule has 7 heteroatoms. The van der Waals surface area contributed by atoms with Crippen LogP contribution in [0, 0.1) is 0 Å². The minimum atomic E-state index is 0.0237. The minimum absolute atomic E-state index is 0.0237. The zero-order valence-electron chi connectivity index (χ0n) is 14.6. The molecule has 2 saturated heterocycles. The number of rotatable bonds is 8. The topological polar surface area (TPSA) is 57.3 Å². The summed E-state index contributed by atoms with van der Waals surface area (Å²) in [5, 5.41) is 3.06. The highest BCUT2D eigenvalue weighted by molar-refractivity contribution is 5.74. The molecule has 134 valence electrons. The van der Waals surface area contributed by atoms with Crippen molar-refractivity contribution in [2.24, 2.45) is 0 Å². The van der Waals surface area contributed by atoms with Crippen LogP contribution in [0.3, 0.4) is 0 Å². The summed E-state index contributed by atoms with van der Waals surface area (Å²) < 4.78 is 11.0. The second-order valence-corrected chi connectivity index (χ2v) is 6.57. The van der Waals surface area contributed by atoms with E-state index in [4.69, 9.17) is 9.47 Å². The predicted octanol–water partition coefficient (Wildman–Crippen LogP) is 0.0708. The average molecular weight is 328 g/mol. The number of nitrogens with zero attached hydrogens (tertiary/aromatic N) is 3. The zero-order valence-corrected chi connectivity index (χ0v) is 14.6. The number of carbonyl (C=O) groups excluding carboxylic acids is 1. The van der Waals surface area contributed by atoms with E-state index in [1.165, 1.54) is 0 Å². The SMILES string of the molecule is CN(C)CCN(C[C@@H]1CCCO1)C(=O)NCCN1CCOCC1. The number of ether oxygens (including phenoxy) is 2. The predicted molar refractivity (Wildman–Crippen MR) is 89.8 cm³/mol. The van der Waals surface area contributed by atoms with Gasteiger partial charge in [0.2, 0.25) is 0 Å². The molecule has 2 amide bonds. The van der Waals surface area contributed by atoms with Gasteiger partial charge in [0.05, 0.1) is 19.3 Å². The van der Waals surface area contributed by atoms with Gasteiger partial charge in [0.25, 0.3) is 0 Å². The van der Waals surface area contributed by atoms with Gasteiger partial charge < -0.3 is 24.6 Å². The van der Waals surface area contributed by atoms with Gasteiger partial charge in [-0.05, 0) is 26.9 Å². The van der Waals surface area contributed by atoms with Crippen LogP contribution in [0.2, 0.25) is 0 Å². The third-order valence-electron chi connectivity index (χ3n) is 4.36. The summed E-state index contributed by atoms with van der Waals surface area (Å²) >= 11 is 0. The van der Waals surface area contributed by atoms with Crippen LogP contribution in [0.4, 0.5) is 4.79 Å². The number of amides is 2. The summed E-state index contributed by atoms with van der Waals surface area (Å²) in [6.45, 7) is 8.18. The van der Waals surface area contributed by atoms with Crippen LogP contribution in [-0.4, -0.2) is 107 Å². The molecule has 0 aromatic heterocycles. The third-order valence-corrected chi connectivity index (χ3v) is 4.36. The fourth-order valence-corrected chi connectivity index (χ4v) is 2.89. The Bertz CT molecular complexity index is 342. The first-order valence-corrected chi connectivity index (χ1v) is 8.74. The van der Waals surface area contributed by atoms with E-state index in [1.54, 1.807) is 0 Å². The van der Waals surface area contributed by atoms with E-state index >= 15 is 0 Å². The second kappa shape index (κ2) is 10.1. The first-order valence-electron chi connectivity index (χ1n) is 8.74. The van der Waals surface area contributed by atoms with Gasteiger partial charge in [-0.1, -0.05) is 0 Å². The maximum Gasteiger partial charge on any atom is 0.317 e. The van der Waals surface area contributed by atoms with Crippen LogP contribution in [-0.2, 0) is 9.47 Å². The molecule has 2 aliphatic rings. The number of carbonyl (C=O) groups is 1. The normalized spacial score (nSPS) is 22.5. The number of hydrogen-bond donors (Lipinski definition) is 1. The molecule has 0 radical (unpaired) electrons. The lowest BCUT2D eigenvalue weighted by molar-refractivity contribution is 0.0383. The molecule has 2 fully saturated rings. The molecule has 2 rings (SSSR count). The highest BCUT2D eigenvalue weighted by Crippen LogP contribution is 2.13. The van der Waals surface area contributed by atoms with Crippen molar-refractivity contribution >= 4 is 6.03 Å². The molecule has 0 aliphatic carbocycles. The first kappa shape index (κ1) is 18.4. The largest absolute Gasteiger partial charge is 0.379 e. The van der Waals surface area contributed by atoms with E-state index < -0.39 is 0 Å². The van der Waals surface area contributed by atoms with Crippen molar-refractivity contribution in [2.45, 2.75) is 18.9 Å². The molecule has 0 spiro atoms. The van der Waals surface area contributed by atoms with Gasteiger partial charge in [0.1, 0.15) is 0 Å². The van der Waals surface area contributed by atoms with E-state index in [-0.39, 0.29) is 12.1 Å². The Balaban J connectivity index is 1.72. The van der Waals surface area contributed by atoms with Crippen molar-refractivity contribution in [2.75, 3.05) is 79.7 Å². The van der Waals surface area contributed by atoms with E-state index in [2.05, 4.69) is 15.1 Å². The lowest BCUT2D eigenvalue weighted by atomic mass is 10.2. The van der Waals surface area contributed by atoms with Crippen LogP contribution in [0.1, 0.15) is 12.8 Å². The average Bonchev–Trinajstić information content (AvgIpc) is 3.05. The molecular weight excluding hydrogens is 296 g/mol. The van der Waals surface area contributed by atoms with Gasteiger partial charge in [0.15, 0.2) is 0 Å². The van der Waals surface area contributed by atoms with Crippen molar-refractivity contribution in [3.05, 3.63) is 0 Å². The van der Waals surface area contributed by atoms with Crippen molar-refractivity contribution in [1.82, 2.24) is 20.0 Å². The molecular formula is C16H32N4O3. The van der Waals surface area contributed by atoms with Gasteiger partial charge in [0, 0.05) is 52.4 Å². The lowest BCUT2D eigenvalue weighted by Crippen LogP contribution is -2.48. The van der Waals surface area contributed by atoms with Crippen LogP contribution in [0.25, 0.3) is 0 Å². The number of urea groups is 1. The first-order chi connectivity index (χ1) is 11.1. The van der Waals surface area contributed by atoms with E-state index in [0.29, 0.717) is 13.1 Å². The Hall–Kier alpha value is -0.890. The number of nitrogens with one attached hydrogen (secondary N) is 1. The molecule has 0 unspecified atom stereocenters. The maximum atomic E-state index is 12.5. The number of hydrogen-bond acceptors (Lipinski definition) is 5. The molecule has 7 nitrogen and oxygen atoms in total. The van der Waals surface area contributed by atoms with Gasteiger partial charge >= 0.3 is 6.03 Å². The van der Waals surface area contributed by atoms with Crippen molar-refractivity contribution in [3.63, 3.8) is 0 Å².